The molecule has 0 aromatic heterocycles. The van der Waals surface area contributed by atoms with Crippen LogP contribution in [0.2, 0.25) is 0 Å². The maximum absolute atomic E-state index is 11.6. The first-order valence-electron chi connectivity index (χ1n) is 2.35. The standard InChI is InChI=1S/C5H5ClF2O2/c6-2-1-3(4(7)8)5(9)10/h1,4H,2H2,(H,9,10)/p-1. The molecular weight excluding hydrogens is 166 g/mol. The van der Waals surface area contributed by atoms with Gasteiger partial charge in [0.15, 0.2) is 0 Å². The number of alkyl halides is 3. The number of carboxylic acids is 1. The second-order valence-electron chi connectivity index (χ2n) is 1.40. The molecule has 0 aliphatic heterocycles. The van der Waals surface area contributed by atoms with Crippen molar-refractivity contribution in [1.82, 2.24) is 0 Å². The van der Waals surface area contributed by atoms with Crippen LogP contribution < -0.4 is 5.11 Å². The summed E-state index contributed by atoms with van der Waals surface area (Å²) in [7, 11) is 0. The van der Waals surface area contributed by atoms with Crippen molar-refractivity contribution in [3.63, 3.8) is 0 Å². The molecule has 0 aromatic rings. The molecule has 0 N–H and O–H groups in total. The van der Waals surface area contributed by atoms with E-state index in [2.05, 4.69) is 0 Å². The Morgan fingerprint density at radius 3 is 2.30 bits per heavy atom. The second-order valence-corrected chi connectivity index (χ2v) is 1.71. The quantitative estimate of drug-likeness (QED) is 0.446. The SMILES string of the molecule is O=C([O-])C(=CCCl)C(F)F. The van der Waals surface area contributed by atoms with E-state index in [1.807, 2.05) is 0 Å². The number of aliphatic carboxylic acids is 1. The van der Waals surface area contributed by atoms with Gasteiger partial charge in [-0.05, 0) is 0 Å². The van der Waals surface area contributed by atoms with Crippen molar-refractivity contribution in [3.8, 4) is 0 Å². The van der Waals surface area contributed by atoms with Crippen molar-refractivity contribution in [2.24, 2.45) is 0 Å². The summed E-state index contributed by atoms with van der Waals surface area (Å²) in [5, 5.41) is 9.81. The predicted molar refractivity (Wildman–Crippen MR) is 29.8 cm³/mol. The fourth-order valence-electron chi connectivity index (χ4n) is 0.345. The number of carboxylic acid groups (broad SMARTS) is 1. The summed E-state index contributed by atoms with van der Waals surface area (Å²) in [5.74, 6) is -2.14. The summed E-state index contributed by atoms with van der Waals surface area (Å²) in [6, 6.07) is 0. The van der Waals surface area contributed by atoms with Gasteiger partial charge in [-0.1, -0.05) is 6.08 Å². The van der Waals surface area contributed by atoms with E-state index in [1.165, 1.54) is 0 Å². The third kappa shape index (κ3) is 2.77. The smallest absolute Gasteiger partial charge is 0.265 e. The van der Waals surface area contributed by atoms with Crippen LogP contribution in [-0.2, 0) is 4.79 Å². The summed E-state index contributed by atoms with van der Waals surface area (Å²) in [6.07, 6.45) is -2.31. The lowest BCUT2D eigenvalue weighted by atomic mass is 10.3. The van der Waals surface area contributed by atoms with Crippen LogP contribution in [0.25, 0.3) is 0 Å². The highest BCUT2D eigenvalue weighted by atomic mass is 35.5. The Morgan fingerprint density at radius 1 is 1.70 bits per heavy atom. The molecule has 0 fully saturated rings. The topological polar surface area (TPSA) is 40.1 Å². The Morgan fingerprint density at radius 2 is 2.20 bits per heavy atom. The zero-order chi connectivity index (χ0) is 8.15. The van der Waals surface area contributed by atoms with Gasteiger partial charge in [-0.15, -0.1) is 11.6 Å². The van der Waals surface area contributed by atoms with Gasteiger partial charge in [0.2, 0.25) is 0 Å². The molecule has 0 aliphatic rings. The number of rotatable bonds is 3. The fraction of sp³-hybridized carbons (Fsp3) is 0.400. The first kappa shape index (κ1) is 9.36. The Hall–Kier alpha value is -0.640. The van der Waals surface area contributed by atoms with Gasteiger partial charge in [0.1, 0.15) is 0 Å². The van der Waals surface area contributed by atoms with Crippen LogP contribution in [0.1, 0.15) is 0 Å². The summed E-state index contributed by atoms with van der Waals surface area (Å²) in [4.78, 5) is 9.81. The Kier molecular flexibility index (Phi) is 3.95. The van der Waals surface area contributed by atoms with Gasteiger partial charge in [-0.2, -0.15) is 0 Å². The zero-order valence-electron chi connectivity index (χ0n) is 4.81. The highest BCUT2D eigenvalue weighted by Crippen LogP contribution is 2.07. The number of halogens is 3. The van der Waals surface area contributed by atoms with E-state index in [-0.39, 0.29) is 5.88 Å². The van der Waals surface area contributed by atoms with E-state index >= 15 is 0 Å². The molecule has 0 bridgehead atoms. The van der Waals surface area contributed by atoms with Crippen LogP contribution in [0.3, 0.4) is 0 Å². The number of allylic oxidation sites excluding steroid dienone is 1. The molecule has 0 spiro atoms. The fourth-order valence-corrected chi connectivity index (χ4v) is 0.511. The highest BCUT2D eigenvalue weighted by Gasteiger charge is 2.10. The van der Waals surface area contributed by atoms with Crippen LogP contribution in [-0.4, -0.2) is 18.3 Å². The second kappa shape index (κ2) is 4.22. The molecule has 10 heavy (non-hydrogen) atoms. The largest absolute Gasteiger partial charge is 0.545 e. The monoisotopic (exact) mass is 169 g/mol. The van der Waals surface area contributed by atoms with Gasteiger partial charge < -0.3 is 9.90 Å². The maximum atomic E-state index is 11.6. The summed E-state index contributed by atoms with van der Waals surface area (Å²) in [5.41, 5.74) is -1.06. The molecule has 58 valence electrons. The van der Waals surface area contributed by atoms with Crippen molar-refractivity contribution in [2.45, 2.75) is 6.43 Å². The van der Waals surface area contributed by atoms with Gasteiger partial charge in [0.25, 0.3) is 6.43 Å². The summed E-state index contributed by atoms with van der Waals surface area (Å²) >= 11 is 4.98. The van der Waals surface area contributed by atoms with E-state index in [0.717, 1.165) is 0 Å². The summed E-state index contributed by atoms with van der Waals surface area (Å²) < 4.78 is 23.2. The van der Waals surface area contributed by atoms with Crippen molar-refractivity contribution < 1.29 is 18.7 Å². The van der Waals surface area contributed by atoms with Crippen LogP contribution in [0.15, 0.2) is 11.6 Å². The van der Waals surface area contributed by atoms with Crippen molar-refractivity contribution in [2.75, 3.05) is 5.88 Å². The normalized spacial score (nSPS) is 12.2. The predicted octanol–water partition coefficient (Wildman–Crippen LogP) is 0.167. The third-order valence-electron chi connectivity index (χ3n) is 0.768. The lowest BCUT2D eigenvalue weighted by Gasteiger charge is -2.04. The third-order valence-corrected chi connectivity index (χ3v) is 0.922. The van der Waals surface area contributed by atoms with E-state index in [1.54, 1.807) is 0 Å². The zero-order valence-corrected chi connectivity index (χ0v) is 5.57. The van der Waals surface area contributed by atoms with Gasteiger partial charge in [-0.25, -0.2) is 8.78 Å². The van der Waals surface area contributed by atoms with Crippen molar-refractivity contribution in [3.05, 3.63) is 11.6 Å². The average Bonchev–Trinajstić information content (AvgIpc) is 1.81. The molecule has 0 amide bonds. The Labute approximate surface area is 61.1 Å². The highest BCUT2D eigenvalue weighted by molar-refractivity contribution is 6.19. The number of carbonyl (C=O) groups is 1. The molecular formula is C5H4ClF2O2-. The Bertz CT molecular complexity index is 156. The van der Waals surface area contributed by atoms with Gasteiger partial charge in [0.05, 0.1) is 5.97 Å². The van der Waals surface area contributed by atoms with E-state index in [4.69, 9.17) is 11.6 Å². The minimum absolute atomic E-state index is 0.256. The van der Waals surface area contributed by atoms with E-state index in [9.17, 15) is 18.7 Å². The molecule has 0 aromatic carbocycles. The van der Waals surface area contributed by atoms with Gasteiger partial charge in [-0.3, -0.25) is 0 Å². The van der Waals surface area contributed by atoms with E-state index < -0.39 is 18.0 Å². The molecule has 0 saturated carbocycles. The molecule has 0 unspecified atom stereocenters. The maximum Gasteiger partial charge on any atom is 0.265 e. The molecule has 0 radical (unpaired) electrons. The van der Waals surface area contributed by atoms with Gasteiger partial charge in [0, 0.05) is 11.5 Å². The minimum atomic E-state index is -3.02. The number of hydrogen-bond donors (Lipinski definition) is 0. The molecule has 0 atom stereocenters. The number of carbonyl (C=O) groups excluding carboxylic acids is 1. The molecule has 0 rings (SSSR count). The molecule has 0 heterocycles. The molecule has 0 saturated heterocycles. The molecule has 5 heteroatoms. The minimum Gasteiger partial charge on any atom is -0.545 e. The van der Waals surface area contributed by atoms with Gasteiger partial charge >= 0.3 is 0 Å². The first-order valence-corrected chi connectivity index (χ1v) is 2.88. The Balaban J connectivity index is 4.27. The van der Waals surface area contributed by atoms with Crippen LogP contribution >= 0.6 is 11.6 Å². The van der Waals surface area contributed by atoms with Crippen LogP contribution in [0.5, 0.6) is 0 Å². The average molecular weight is 170 g/mol. The lowest BCUT2D eigenvalue weighted by molar-refractivity contribution is -0.300. The lowest BCUT2D eigenvalue weighted by Crippen LogP contribution is -2.27. The van der Waals surface area contributed by atoms with Crippen molar-refractivity contribution in [1.29, 1.82) is 0 Å². The summed E-state index contributed by atoms with van der Waals surface area (Å²) in [6.45, 7) is 0. The molecule has 0 aliphatic carbocycles. The first-order chi connectivity index (χ1) is 4.59. The molecule has 2 nitrogen and oxygen atoms in total. The van der Waals surface area contributed by atoms with Crippen LogP contribution in [0, 0.1) is 0 Å². The van der Waals surface area contributed by atoms with Crippen molar-refractivity contribution >= 4 is 17.6 Å². The van der Waals surface area contributed by atoms with Crippen LogP contribution in [0.4, 0.5) is 8.78 Å². The van der Waals surface area contributed by atoms with E-state index in [0.29, 0.717) is 6.08 Å². The number of hydrogen-bond acceptors (Lipinski definition) is 2.